The summed E-state index contributed by atoms with van der Waals surface area (Å²) in [6, 6.07) is 16.1. The van der Waals surface area contributed by atoms with Gasteiger partial charge in [-0.3, -0.25) is 0 Å². The van der Waals surface area contributed by atoms with Gasteiger partial charge in [0.25, 0.3) is 0 Å². The fraction of sp³-hybridized carbons (Fsp3) is 0.111. The summed E-state index contributed by atoms with van der Waals surface area (Å²) in [5.74, 6) is 8.05. The lowest BCUT2D eigenvalue weighted by molar-refractivity contribution is 1.60. The molecule has 3 heteroatoms. The predicted molar refractivity (Wildman–Crippen MR) is 108 cm³/mol. The number of halogens is 3. The van der Waals surface area contributed by atoms with Crippen LogP contribution in [0.5, 0.6) is 0 Å². The van der Waals surface area contributed by atoms with Gasteiger partial charge in [0.05, 0.1) is 0 Å². The van der Waals surface area contributed by atoms with Crippen LogP contribution in [0.2, 0.25) is 0 Å². The van der Waals surface area contributed by atoms with E-state index in [1.54, 1.807) is 6.92 Å². The summed E-state index contributed by atoms with van der Waals surface area (Å²) >= 11 is 8.97. The van der Waals surface area contributed by atoms with Crippen LogP contribution in [-0.4, -0.2) is 0 Å². The lowest BCUT2D eigenvalue weighted by Crippen LogP contribution is -1.70. The predicted octanol–water partition coefficient (Wildman–Crippen LogP) is 6.51. The molecule has 0 heterocycles. The van der Waals surface area contributed by atoms with Gasteiger partial charge in [0, 0.05) is 18.1 Å². The fourth-order valence-electron chi connectivity index (χ4n) is 1.11. The normalized spacial score (nSPS) is 7.81. The quantitative estimate of drug-likeness (QED) is 0.276. The van der Waals surface area contributed by atoms with Gasteiger partial charge in [-0.25, -0.2) is 0 Å². The van der Waals surface area contributed by atoms with Crippen molar-refractivity contribution in [2.75, 3.05) is 0 Å². The van der Waals surface area contributed by atoms with E-state index in [4.69, 9.17) is 0 Å². The molecule has 0 unspecified atom stereocenters. The summed E-state index contributed by atoms with van der Waals surface area (Å²) in [6.07, 6.45) is 4.60. The van der Waals surface area contributed by atoms with Crippen LogP contribution in [0.3, 0.4) is 0 Å². The van der Waals surface area contributed by atoms with Gasteiger partial charge < -0.3 is 0 Å². The number of hydrogen-bond donors (Lipinski definition) is 0. The summed E-state index contributed by atoms with van der Waals surface area (Å²) in [7, 11) is 0. The Hall–Kier alpha value is -0.750. The van der Waals surface area contributed by atoms with E-state index in [9.17, 15) is 0 Å². The van der Waals surface area contributed by atoms with Gasteiger partial charge in [0.1, 0.15) is 0 Å². The van der Waals surface area contributed by atoms with E-state index in [2.05, 4.69) is 90.8 Å². The summed E-state index contributed by atoms with van der Waals surface area (Å²) in [4.78, 5) is 0. The monoisotopic (exact) mass is 516 g/mol. The molecule has 0 N–H and O–H groups in total. The number of terminal acetylenes is 1. The third-order valence-electron chi connectivity index (χ3n) is 1.92. The Labute approximate surface area is 158 Å². The maximum atomic E-state index is 4.60. The van der Waals surface area contributed by atoms with E-state index in [0.717, 1.165) is 14.5 Å². The highest BCUT2D eigenvalue weighted by atomic mass is 127. The first-order chi connectivity index (χ1) is 10.0. The van der Waals surface area contributed by atoms with Gasteiger partial charge >= 0.3 is 0 Å². The Balaban J connectivity index is 0.000000327. The Kier molecular flexibility index (Phi) is 12.5. The van der Waals surface area contributed by atoms with Gasteiger partial charge in [-0.05, 0) is 85.0 Å². The van der Waals surface area contributed by atoms with Gasteiger partial charge in [0.15, 0.2) is 0 Å². The maximum Gasteiger partial charge on any atom is 0.0245 e. The van der Waals surface area contributed by atoms with Crippen LogP contribution >= 0.6 is 54.5 Å². The molecule has 0 aliphatic carbocycles. The molecule has 0 aromatic heterocycles. The van der Waals surface area contributed by atoms with Gasteiger partial charge in [0.2, 0.25) is 0 Å². The Morgan fingerprint density at radius 3 is 1.57 bits per heavy atom. The van der Waals surface area contributed by atoms with Crippen LogP contribution in [-0.2, 0) is 0 Å². The molecule has 2 aromatic carbocycles. The highest BCUT2D eigenvalue weighted by molar-refractivity contribution is 14.1. The van der Waals surface area contributed by atoms with Crippen molar-refractivity contribution in [1.82, 2.24) is 0 Å². The number of rotatable bonds is 0. The molecule has 2 aromatic rings. The van der Waals surface area contributed by atoms with E-state index >= 15 is 0 Å². The van der Waals surface area contributed by atoms with Crippen LogP contribution in [0.25, 0.3) is 0 Å². The van der Waals surface area contributed by atoms with Crippen molar-refractivity contribution in [3.63, 3.8) is 0 Å². The fourth-order valence-corrected chi connectivity index (χ4v) is 2.00. The van der Waals surface area contributed by atoms with E-state index < -0.39 is 0 Å². The Bertz CT molecular complexity index is 590. The highest BCUT2D eigenvalue weighted by Crippen LogP contribution is 2.11. The van der Waals surface area contributed by atoms with Gasteiger partial charge in [-0.2, -0.15) is 0 Å². The molecule has 0 radical (unpaired) electrons. The van der Waals surface area contributed by atoms with Crippen molar-refractivity contribution in [3.05, 3.63) is 66.6 Å². The standard InChI is InChI=1S/C9H7Br.C6H4BrI.C3H4/c1-2-3-8-4-6-9(10)7-5-8;7-5-1-3-6(8)4-2-5;1-3-2/h4-7H,1H3;1-4H;1H,2H3. The van der Waals surface area contributed by atoms with E-state index in [0.29, 0.717) is 0 Å². The molecule has 0 atom stereocenters. The molecule has 0 aliphatic rings. The van der Waals surface area contributed by atoms with E-state index in [-0.39, 0.29) is 0 Å². The van der Waals surface area contributed by atoms with Crippen molar-refractivity contribution in [1.29, 1.82) is 0 Å². The highest BCUT2D eigenvalue weighted by Gasteiger charge is 1.85. The first-order valence-corrected chi connectivity index (χ1v) is 8.66. The molecule has 0 amide bonds. The molecule has 0 nitrogen and oxygen atoms in total. The van der Waals surface area contributed by atoms with Crippen LogP contribution in [0, 0.1) is 27.8 Å². The summed E-state index contributed by atoms with van der Waals surface area (Å²) in [5, 5.41) is 0. The average molecular weight is 518 g/mol. The molecule has 0 spiro atoms. The van der Waals surface area contributed by atoms with E-state index in [1.807, 2.05) is 43.3 Å². The third-order valence-corrected chi connectivity index (χ3v) is 3.69. The Morgan fingerprint density at radius 1 is 0.857 bits per heavy atom. The first kappa shape index (κ1) is 20.2. The largest absolute Gasteiger partial charge is 0.120 e. The number of benzene rings is 2. The van der Waals surface area contributed by atoms with E-state index in [1.165, 1.54) is 3.57 Å². The average Bonchev–Trinajstić information content (AvgIpc) is 2.47. The minimum atomic E-state index is 1.06. The molecule has 21 heavy (non-hydrogen) atoms. The van der Waals surface area contributed by atoms with Crippen molar-refractivity contribution in [2.45, 2.75) is 13.8 Å². The zero-order valence-electron chi connectivity index (χ0n) is 11.8. The van der Waals surface area contributed by atoms with Crippen molar-refractivity contribution >= 4 is 54.5 Å². The SMILES string of the molecule is Brc1ccc(I)cc1.C#CC.CC#Cc1ccc(Br)cc1. The molecular weight excluding hydrogens is 503 g/mol. The van der Waals surface area contributed by atoms with Crippen LogP contribution in [0.1, 0.15) is 19.4 Å². The Morgan fingerprint density at radius 2 is 1.24 bits per heavy atom. The lowest BCUT2D eigenvalue weighted by Gasteiger charge is -1.88. The zero-order valence-corrected chi connectivity index (χ0v) is 17.2. The van der Waals surface area contributed by atoms with Crippen LogP contribution in [0.15, 0.2) is 57.5 Å². The second kappa shape index (κ2) is 13.0. The van der Waals surface area contributed by atoms with Gasteiger partial charge in [-0.15, -0.1) is 18.3 Å². The van der Waals surface area contributed by atoms with Crippen molar-refractivity contribution in [2.24, 2.45) is 0 Å². The molecule has 108 valence electrons. The molecule has 0 bridgehead atoms. The molecule has 2 rings (SSSR count). The first-order valence-electron chi connectivity index (χ1n) is 6.00. The molecule has 0 saturated heterocycles. The maximum absolute atomic E-state index is 4.60. The number of hydrogen-bond acceptors (Lipinski definition) is 0. The summed E-state index contributed by atoms with van der Waals surface area (Å²) in [6.45, 7) is 3.49. The second-order valence-electron chi connectivity index (χ2n) is 3.61. The van der Waals surface area contributed by atoms with Gasteiger partial charge in [-0.1, -0.05) is 37.8 Å². The van der Waals surface area contributed by atoms with Crippen LogP contribution in [0.4, 0.5) is 0 Å². The summed E-state index contributed by atoms with van der Waals surface area (Å²) < 4.78 is 3.50. The lowest BCUT2D eigenvalue weighted by atomic mass is 10.2. The zero-order chi connectivity index (χ0) is 16.1. The molecule has 0 aliphatic heterocycles. The molecular formula is C18H15Br2I. The van der Waals surface area contributed by atoms with Crippen LogP contribution < -0.4 is 0 Å². The van der Waals surface area contributed by atoms with Crippen molar-refractivity contribution < 1.29 is 0 Å². The minimum absolute atomic E-state index is 1.06. The topological polar surface area (TPSA) is 0 Å². The molecule has 0 fully saturated rings. The van der Waals surface area contributed by atoms with Crippen molar-refractivity contribution in [3.8, 4) is 24.2 Å². The third kappa shape index (κ3) is 11.6. The minimum Gasteiger partial charge on any atom is -0.120 e. The smallest absolute Gasteiger partial charge is 0.0245 e. The summed E-state index contributed by atoms with van der Waals surface area (Å²) in [5.41, 5.74) is 1.06. The second-order valence-corrected chi connectivity index (χ2v) is 6.68. The molecule has 0 saturated carbocycles.